The maximum Gasteiger partial charge on any atom is 0.262 e. The van der Waals surface area contributed by atoms with E-state index in [4.69, 9.17) is 0 Å². The SMILES string of the molecule is O=C(CCn1cnc2sc3c(c2c1=O)CCCC3)NCCC(=O)NCc1ccncc1. The molecule has 9 heteroatoms. The van der Waals surface area contributed by atoms with E-state index < -0.39 is 0 Å². The van der Waals surface area contributed by atoms with Gasteiger partial charge in [-0.15, -0.1) is 11.3 Å². The first-order valence-corrected chi connectivity index (χ1v) is 11.4. The van der Waals surface area contributed by atoms with Crippen molar-refractivity contribution in [2.75, 3.05) is 6.54 Å². The van der Waals surface area contributed by atoms with Gasteiger partial charge in [0.05, 0.1) is 11.7 Å². The maximum absolute atomic E-state index is 12.9. The Hall–Kier alpha value is -3.07. The second-order valence-corrected chi connectivity index (χ2v) is 8.70. The number of nitrogens with one attached hydrogen (secondary N) is 2. The lowest BCUT2D eigenvalue weighted by molar-refractivity contribution is -0.122. The number of aromatic nitrogens is 3. The summed E-state index contributed by atoms with van der Waals surface area (Å²) in [6.07, 6.45) is 9.46. The van der Waals surface area contributed by atoms with Crippen molar-refractivity contribution in [3.63, 3.8) is 0 Å². The van der Waals surface area contributed by atoms with Crippen LogP contribution in [0.2, 0.25) is 0 Å². The van der Waals surface area contributed by atoms with E-state index in [2.05, 4.69) is 20.6 Å². The van der Waals surface area contributed by atoms with Gasteiger partial charge in [-0.25, -0.2) is 4.98 Å². The van der Waals surface area contributed by atoms with E-state index in [0.29, 0.717) is 6.54 Å². The Kier molecular flexibility index (Phi) is 6.71. The summed E-state index contributed by atoms with van der Waals surface area (Å²) < 4.78 is 1.52. The highest BCUT2D eigenvalue weighted by molar-refractivity contribution is 7.18. The molecule has 4 rings (SSSR count). The van der Waals surface area contributed by atoms with Crippen LogP contribution in [0.25, 0.3) is 10.2 Å². The standard InChI is InChI=1S/C22H25N5O3S/c28-18(25-13-15-5-9-23-10-6-15)7-11-24-19(29)8-12-27-14-26-21-20(22(27)30)16-3-1-2-4-17(16)31-21/h5-6,9-10,14H,1-4,7-8,11-13H2,(H,24,29)(H,25,28). The number of thiophene rings is 1. The van der Waals surface area contributed by atoms with E-state index in [1.165, 1.54) is 15.8 Å². The van der Waals surface area contributed by atoms with Crippen LogP contribution >= 0.6 is 11.3 Å². The summed E-state index contributed by atoms with van der Waals surface area (Å²) in [5.41, 5.74) is 2.06. The molecule has 1 aliphatic carbocycles. The Labute approximate surface area is 183 Å². The summed E-state index contributed by atoms with van der Waals surface area (Å²) in [5, 5.41) is 6.28. The van der Waals surface area contributed by atoms with Crippen LogP contribution in [-0.4, -0.2) is 32.9 Å². The highest BCUT2D eigenvalue weighted by Crippen LogP contribution is 2.33. The molecule has 0 bridgehead atoms. The van der Waals surface area contributed by atoms with Crippen LogP contribution < -0.4 is 16.2 Å². The van der Waals surface area contributed by atoms with Gasteiger partial charge in [-0.05, 0) is 48.9 Å². The van der Waals surface area contributed by atoms with Gasteiger partial charge in [-0.3, -0.25) is 23.9 Å². The number of hydrogen-bond donors (Lipinski definition) is 2. The zero-order valence-corrected chi connectivity index (χ0v) is 18.0. The van der Waals surface area contributed by atoms with Gasteiger partial charge in [0, 0.05) is 49.7 Å². The van der Waals surface area contributed by atoms with Crippen molar-refractivity contribution < 1.29 is 9.59 Å². The van der Waals surface area contributed by atoms with E-state index in [-0.39, 0.29) is 43.3 Å². The minimum absolute atomic E-state index is 0.0623. The Morgan fingerprint density at radius 3 is 2.68 bits per heavy atom. The number of pyridine rings is 1. The Bertz CT molecular complexity index is 1140. The molecule has 0 aliphatic heterocycles. The van der Waals surface area contributed by atoms with Crippen molar-refractivity contribution in [1.29, 1.82) is 0 Å². The molecule has 0 radical (unpaired) electrons. The molecule has 8 nitrogen and oxygen atoms in total. The highest BCUT2D eigenvalue weighted by atomic mass is 32.1. The van der Waals surface area contributed by atoms with Crippen molar-refractivity contribution in [1.82, 2.24) is 25.2 Å². The number of fused-ring (bicyclic) bond motifs is 3. The topological polar surface area (TPSA) is 106 Å². The van der Waals surface area contributed by atoms with Crippen LogP contribution in [0.5, 0.6) is 0 Å². The molecule has 1 aliphatic rings. The van der Waals surface area contributed by atoms with Crippen LogP contribution in [0.4, 0.5) is 0 Å². The number of aryl methyl sites for hydroxylation is 3. The average Bonchev–Trinajstić information content (AvgIpc) is 3.17. The fourth-order valence-corrected chi connectivity index (χ4v) is 4.98. The van der Waals surface area contributed by atoms with Gasteiger partial charge in [0.25, 0.3) is 5.56 Å². The minimum atomic E-state index is -0.193. The summed E-state index contributed by atoms with van der Waals surface area (Å²) in [4.78, 5) is 47.4. The van der Waals surface area contributed by atoms with Crippen molar-refractivity contribution in [3.05, 3.63) is 57.2 Å². The monoisotopic (exact) mass is 439 g/mol. The number of rotatable bonds is 8. The normalized spacial score (nSPS) is 13.0. The number of hydrogen-bond acceptors (Lipinski definition) is 6. The van der Waals surface area contributed by atoms with E-state index in [0.717, 1.165) is 47.0 Å². The average molecular weight is 440 g/mol. The molecule has 0 aromatic carbocycles. The van der Waals surface area contributed by atoms with E-state index >= 15 is 0 Å². The van der Waals surface area contributed by atoms with Crippen LogP contribution in [0.15, 0.2) is 35.6 Å². The van der Waals surface area contributed by atoms with Gasteiger partial charge in [0.2, 0.25) is 11.8 Å². The summed E-state index contributed by atoms with van der Waals surface area (Å²) in [5.74, 6) is -0.327. The van der Waals surface area contributed by atoms with Gasteiger partial charge in [0.1, 0.15) is 4.83 Å². The summed E-state index contributed by atoms with van der Waals surface area (Å²) in [7, 11) is 0. The van der Waals surface area contributed by atoms with E-state index in [1.807, 2.05) is 12.1 Å². The zero-order chi connectivity index (χ0) is 21.6. The zero-order valence-electron chi connectivity index (χ0n) is 17.2. The smallest absolute Gasteiger partial charge is 0.262 e. The lowest BCUT2D eigenvalue weighted by Crippen LogP contribution is -2.31. The molecular formula is C22H25N5O3S. The summed E-state index contributed by atoms with van der Waals surface area (Å²) in [6, 6.07) is 3.67. The molecule has 2 amide bonds. The van der Waals surface area contributed by atoms with Crippen LogP contribution in [0.3, 0.4) is 0 Å². The van der Waals surface area contributed by atoms with Crippen molar-refractivity contribution in [3.8, 4) is 0 Å². The lowest BCUT2D eigenvalue weighted by Gasteiger charge is -2.10. The van der Waals surface area contributed by atoms with E-state index in [9.17, 15) is 14.4 Å². The van der Waals surface area contributed by atoms with Crippen LogP contribution in [0, 0.1) is 0 Å². The first-order chi connectivity index (χ1) is 15.1. The largest absolute Gasteiger partial charge is 0.356 e. The molecule has 0 spiro atoms. The van der Waals surface area contributed by atoms with Crippen LogP contribution in [-0.2, 0) is 35.5 Å². The third-order valence-corrected chi connectivity index (χ3v) is 6.63. The van der Waals surface area contributed by atoms with Crippen LogP contribution in [0.1, 0.15) is 41.7 Å². The van der Waals surface area contributed by atoms with Gasteiger partial charge < -0.3 is 10.6 Å². The molecule has 0 saturated carbocycles. The van der Waals surface area contributed by atoms with Crippen molar-refractivity contribution in [2.24, 2.45) is 0 Å². The first-order valence-electron chi connectivity index (χ1n) is 10.5. The number of amides is 2. The maximum atomic E-state index is 12.9. The van der Waals surface area contributed by atoms with Gasteiger partial charge in [0.15, 0.2) is 0 Å². The molecule has 3 aromatic rings. The van der Waals surface area contributed by atoms with Gasteiger partial charge >= 0.3 is 0 Å². The first kappa shape index (κ1) is 21.2. The molecule has 162 valence electrons. The molecule has 0 fully saturated rings. The number of nitrogens with zero attached hydrogens (tertiary/aromatic N) is 3. The summed E-state index contributed by atoms with van der Waals surface area (Å²) >= 11 is 1.62. The number of carbonyl (C=O) groups is 2. The highest BCUT2D eigenvalue weighted by Gasteiger charge is 2.20. The quantitative estimate of drug-likeness (QED) is 0.558. The predicted octanol–water partition coefficient (Wildman–Crippen LogP) is 1.94. The fourth-order valence-electron chi connectivity index (χ4n) is 3.76. The van der Waals surface area contributed by atoms with Crippen molar-refractivity contribution >= 4 is 33.4 Å². The molecule has 3 heterocycles. The molecule has 0 unspecified atom stereocenters. The van der Waals surface area contributed by atoms with Gasteiger partial charge in [-0.1, -0.05) is 0 Å². The molecule has 0 atom stereocenters. The summed E-state index contributed by atoms with van der Waals surface area (Å²) in [6.45, 7) is 0.956. The fraction of sp³-hybridized carbons (Fsp3) is 0.409. The second-order valence-electron chi connectivity index (χ2n) is 7.62. The Balaban J connectivity index is 1.24. The molecular weight excluding hydrogens is 414 g/mol. The molecule has 31 heavy (non-hydrogen) atoms. The van der Waals surface area contributed by atoms with Gasteiger partial charge in [-0.2, -0.15) is 0 Å². The number of carbonyl (C=O) groups excluding carboxylic acids is 2. The minimum Gasteiger partial charge on any atom is -0.356 e. The van der Waals surface area contributed by atoms with Crippen molar-refractivity contribution in [2.45, 2.75) is 51.6 Å². The molecule has 3 aromatic heterocycles. The third-order valence-electron chi connectivity index (χ3n) is 5.43. The molecule has 0 saturated heterocycles. The Morgan fingerprint density at radius 1 is 1.06 bits per heavy atom. The Morgan fingerprint density at radius 2 is 1.84 bits per heavy atom. The third kappa shape index (κ3) is 5.16. The molecule has 2 N–H and O–H groups in total. The lowest BCUT2D eigenvalue weighted by atomic mass is 9.97. The van der Waals surface area contributed by atoms with E-state index in [1.54, 1.807) is 23.7 Å². The predicted molar refractivity (Wildman–Crippen MR) is 119 cm³/mol. The second kappa shape index (κ2) is 9.82.